The Labute approximate surface area is 118 Å². The van der Waals surface area contributed by atoms with Gasteiger partial charge in [-0.05, 0) is 25.3 Å². The lowest BCUT2D eigenvalue weighted by atomic mass is 10.3. The van der Waals surface area contributed by atoms with Crippen molar-refractivity contribution in [2.45, 2.75) is 18.4 Å². The van der Waals surface area contributed by atoms with Crippen LogP contribution in [0.25, 0.3) is 0 Å². The van der Waals surface area contributed by atoms with Crippen LogP contribution in [0.15, 0.2) is 35.4 Å². The lowest BCUT2D eigenvalue weighted by molar-refractivity contribution is 0.188. The normalized spacial score (nSPS) is 10.7. The van der Waals surface area contributed by atoms with E-state index in [0.717, 1.165) is 23.9 Å². The van der Waals surface area contributed by atoms with Crippen molar-refractivity contribution in [1.82, 2.24) is 9.55 Å². The van der Waals surface area contributed by atoms with E-state index >= 15 is 0 Å². The summed E-state index contributed by atoms with van der Waals surface area (Å²) in [5, 5.41) is 3.40. The van der Waals surface area contributed by atoms with E-state index in [9.17, 15) is 0 Å². The number of nitrogens with zero attached hydrogens (tertiary/aromatic N) is 2. The number of imidazole rings is 1. The van der Waals surface area contributed by atoms with Crippen LogP contribution < -0.4 is 5.32 Å². The maximum atomic E-state index is 5.12. The van der Waals surface area contributed by atoms with Crippen molar-refractivity contribution in [2.24, 2.45) is 0 Å². The number of anilines is 2. The maximum Gasteiger partial charge on any atom is 0.207 e. The highest BCUT2D eigenvalue weighted by atomic mass is 32.2. The number of rotatable bonds is 6. The summed E-state index contributed by atoms with van der Waals surface area (Å²) in [7, 11) is 1.71. The van der Waals surface area contributed by atoms with Crippen LogP contribution in [0.1, 0.15) is 5.69 Å². The standard InChI is InChI=1S/C14H19N3OS/c1-11-10-17(8-9-18-2)14(15-11)16-12-6-4-5-7-13(12)19-3/h4-7,10H,8-9H2,1-3H3,(H,15,16). The van der Waals surface area contributed by atoms with E-state index < -0.39 is 0 Å². The lowest BCUT2D eigenvalue weighted by Gasteiger charge is -2.11. The van der Waals surface area contributed by atoms with E-state index in [2.05, 4.69) is 33.3 Å². The van der Waals surface area contributed by atoms with Crippen molar-refractivity contribution in [3.8, 4) is 0 Å². The van der Waals surface area contributed by atoms with Gasteiger partial charge >= 0.3 is 0 Å². The molecule has 2 rings (SSSR count). The molecule has 0 spiro atoms. The van der Waals surface area contributed by atoms with E-state index in [0.29, 0.717) is 6.61 Å². The molecule has 1 aromatic carbocycles. The van der Waals surface area contributed by atoms with E-state index in [1.54, 1.807) is 18.9 Å². The van der Waals surface area contributed by atoms with Crippen LogP contribution in [0.3, 0.4) is 0 Å². The first-order valence-electron chi connectivity index (χ1n) is 6.17. The quantitative estimate of drug-likeness (QED) is 0.822. The first-order chi connectivity index (χ1) is 9.24. The largest absolute Gasteiger partial charge is 0.383 e. The number of aryl methyl sites for hydroxylation is 1. The van der Waals surface area contributed by atoms with Crippen molar-refractivity contribution in [3.05, 3.63) is 36.2 Å². The molecule has 5 heteroatoms. The SMILES string of the molecule is COCCn1cc(C)nc1Nc1ccccc1SC. The zero-order valence-corrected chi connectivity index (χ0v) is 12.3. The highest BCUT2D eigenvalue weighted by Crippen LogP contribution is 2.27. The zero-order valence-electron chi connectivity index (χ0n) is 11.5. The molecule has 4 nitrogen and oxygen atoms in total. The van der Waals surface area contributed by atoms with Crippen LogP contribution in [0.2, 0.25) is 0 Å². The number of methoxy groups -OCH3 is 1. The smallest absolute Gasteiger partial charge is 0.207 e. The number of nitrogens with one attached hydrogen (secondary N) is 1. The predicted octanol–water partition coefficient (Wildman–Crippen LogP) is 3.30. The molecule has 0 amide bonds. The van der Waals surface area contributed by atoms with Crippen LogP contribution in [-0.4, -0.2) is 29.5 Å². The summed E-state index contributed by atoms with van der Waals surface area (Å²) in [4.78, 5) is 5.73. The molecule has 0 saturated heterocycles. The molecule has 1 N–H and O–H groups in total. The van der Waals surface area contributed by atoms with Gasteiger partial charge in [0.25, 0.3) is 0 Å². The van der Waals surface area contributed by atoms with Crippen LogP contribution in [-0.2, 0) is 11.3 Å². The van der Waals surface area contributed by atoms with Crippen molar-refractivity contribution >= 4 is 23.4 Å². The topological polar surface area (TPSA) is 39.1 Å². The van der Waals surface area contributed by atoms with E-state index in [4.69, 9.17) is 4.74 Å². The van der Waals surface area contributed by atoms with Gasteiger partial charge in [-0.2, -0.15) is 0 Å². The van der Waals surface area contributed by atoms with Gasteiger partial charge in [0, 0.05) is 24.7 Å². The minimum atomic E-state index is 0.675. The molecule has 0 fully saturated rings. The molecular formula is C14H19N3OS. The molecule has 0 unspecified atom stereocenters. The summed E-state index contributed by atoms with van der Waals surface area (Å²) >= 11 is 1.72. The average molecular weight is 277 g/mol. The maximum absolute atomic E-state index is 5.12. The summed E-state index contributed by atoms with van der Waals surface area (Å²) in [6.45, 7) is 3.46. The number of aromatic nitrogens is 2. The monoisotopic (exact) mass is 277 g/mol. The Bertz CT molecular complexity index is 539. The third kappa shape index (κ3) is 3.52. The third-order valence-electron chi connectivity index (χ3n) is 2.79. The first-order valence-corrected chi connectivity index (χ1v) is 7.40. The summed E-state index contributed by atoms with van der Waals surface area (Å²) in [5.74, 6) is 0.857. The Morgan fingerprint density at radius 2 is 2.16 bits per heavy atom. The number of hydrogen-bond donors (Lipinski definition) is 1. The summed E-state index contributed by atoms with van der Waals surface area (Å²) in [5.41, 5.74) is 2.08. The Hall–Kier alpha value is -1.46. The average Bonchev–Trinajstić information content (AvgIpc) is 2.77. The van der Waals surface area contributed by atoms with Gasteiger partial charge in [-0.25, -0.2) is 4.98 Å². The number of ether oxygens (including phenoxy) is 1. The molecule has 0 bridgehead atoms. The van der Waals surface area contributed by atoms with Crippen LogP contribution in [0, 0.1) is 6.92 Å². The highest BCUT2D eigenvalue weighted by molar-refractivity contribution is 7.98. The van der Waals surface area contributed by atoms with Crippen LogP contribution in [0.5, 0.6) is 0 Å². The molecule has 0 aliphatic heterocycles. The third-order valence-corrected chi connectivity index (χ3v) is 3.58. The Morgan fingerprint density at radius 3 is 2.89 bits per heavy atom. The number of thioether (sulfide) groups is 1. The fourth-order valence-corrected chi connectivity index (χ4v) is 2.43. The molecule has 19 heavy (non-hydrogen) atoms. The van der Waals surface area contributed by atoms with Gasteiger partial charge in [0.2, 0.25) is 5.95 Å². The van der Waals surface area contributed by atoms with Gasteiger partial charge < -0.3 is 14.6 Å². The van der Waals surface area contributed by atoms with Crippen molar-refractivity contribution < 1.29 is 4.74 Å². The Balaban J connectivity index is 2.22. The minimum absolute atomic E-state index is 0.675. The fourth-order valence-electron chi connectivity index (χ4n) is 1.88. The second-order valence-corrected chi connectivity index (χ2v) is 5.07. The fraction of sp³-hybridized carbons (Fsp3) is 0.357. The molecular weight excluding hydrogens is 258 g/mol. The molecule has 1 aromatic heterocycles. The van der Waals surface area contributed by atoms with Gasteiger partial charge in [0.15, 0.2) is 0 Å². The van der Waals surface area contributed by atoms with E-state index in [1.807, 2.05) is 25.3 Å². The van der Waals surface area contributed by atoms with E-state index in [-0.39, 0.29) is 0 Å². The van der Waals surface area contributed by atoms with Crippen molar-refractivity contribution in [1.29, 1.82) is 0 Å². The molecule has 0 aliphatic carbocycles. The second-order valence-electron chi connectivity index (χ2n) is 4.22. The Kier molecular flexibility index (Phi) is 4.87. The molecule has 1 heterocycles. The summed E-state index contributed by atoms with van der Waals surface area (Å²) in [6.07, 6.45) is 4.10. The Morgan fingerprint density at radius 1 is 1.37 bits per heavy atom. The summed E-state index contributed by atoms with van der Waals surface area (Å²) in [6, 6.07) is 8.23. The highest BCUT2D eigenvalue weighted by Gasteiger charge is 2.07. The molecule has 0 saturated carbocycles. The predicted molar refractivity (Wildman–Crippen MR) is 80.3 cm³/mol. The lowest BCUT2D eigenvalue weighted by Crippen LogP contribution is -2.07. The number of benzene rings is 1. The number of hydrogen-bond acceptors (Lipinski definition) is 4. The zero-order chi connectivity index (χ0) is 13.7. The molecule has 0 atom stereocenters. The molecule has 0 aliphatic rings. The van der Waals surface area contributed by atoms with Crippen LogP contribution >= 0.6 is 11.8 Å². The van der Waals surface area contributed by atoms with Gasteiger partial charge in [-0.15, -0.1) is 11.8 Å². The van der Waals surface area contributed by atoms with Gasteiger partial charge in [-0.3, -0.25) is 0 Å². The molecule has 0 radical (unpaired) electrons. The second kappa shape index (κ2) is 6.63. The van der Waals surface area contributed by atoms with Crippen LogP contribution in [0.4, 0.5) is 11.6 Å². The van der Waals surface area contributed by atoms with E-state index in [1.165, 1.54) is 4.90 Å². The van der Waals surface area contributed by atoms with Crippen molar-refractivity contribution in [2.75, 3.05) is 25.3 Å². The minimum Gasteiger partial charge on any atom is -0.383 e. The van der Waals surface area contributed by atoms with Gasteiger partial charge in [0.1, 0.15) is 0 Å². The molecule has 2 aromatic rings. The summed E-state index contributed by atoms with van der Waals surface area (Å²) < 4.78 is 7.20. The van der Waals surface area contributed by atoms with Gasteiger partial charge in [0.05, 0.1) is 18.0 Å². The first kappa shape index (κ1) is 14.0. The van der Waals surface area contributed by atoms with Gasteiger partial charge in [-0.1, -0.05) is 12.1 Å². The van der Waals surface area contributed by atoms with Crippen molar-refractivity contribution in [3.63, 3.8) is 0 Å². The number of para-hydroxylation sites is 1. The molecule has 102 valence electrons.